The standard InChI is InChI=1S/C28H26F15N3O2/c1-15(18-11-7-4-8-12-18)45-20(47)16(2)46-21(48)19(13-17-9-5-3-6-10-17)44-14-22(29,30)23(31,32)24(33,34)25(35,36)26(37,38)27(39,40)28(41,42)43/h3-12,15-16,19,44H,13-14H2,1-2H3,(H,45,47)(H,46,48)/t15-,16-,19-/m0/s1. The summed E-state index contributed by atoms with van der Waals surface area (Å²) >= 11 is 0. The fourth-order valence-corrected chi connectivity index (χ4v) is 4.01. The summed E-state index contributed by atoms with van der Waals surface area (Å²) in [6.07, 6.45) is -8.44. The summed E-state index contributed by atoms with van der Waals surface area (Å²) in [5.74, 6) is -49.8. The van der Waals surface area contributed by atoms with Gasteiger partial charge in [0.05, 0.1) is 18.6 Å². The first-order chi connectivity index (χ1) is 21.7. The number of hydrogen-bond donors (Lipinski definition) is 3. The molecule has 0 saturated carbocycles. The molecule has 2 aromatic carbocycles. The van der Waals surface area contributed by atoms with Crippen LogP contribution in [0.4, 0.5) is 65.9 Å². The van der Waals surface area contributed by atoms with Crippen LogP contribution in [0, 0.1) is 0 Å². The molecule has 0 saturated heterocycles. The van der Waals surface area contributed by atoms with Gasteiger partial charge in [0.25, 0.3) is 0 Å². The Labute approximate surface area is 262 Å². The molecule has 0 radical (unpaired) electrons. The Kier molecular flexibility index (Phi) is 11.8. The fourth-order valence-electron chi connectivity index (χ4n) is 4.01. The van der Waals surface area contributed by atoms with Gasteiger partial charge >= 0.3 is 41.7 Å². The van der Waals surface area contributed by atoms with Crippen LogP contribution in [0.5, 0.6) is 0 Å². The van der Waals surface area contributed by atoms with Crippen molar-refractivity contribution in [3.8, 4) is 0 Å². The number of carbonyl (C=O) groups is 2. The van der Waals surface area contributed by atoms with Crippen molar-refractivity contribution in [1.29, 1.82) is 0 Å². The molecule has 2 amide bonds. The van der Waals surface area contributed by atoms with Crippen LogP contribution in [0.15, 0.2) is 60.7 Å². The molecule has 0 fully saturated rings. The average molecular weight is 722 g/mol. The largest absolute Gasteiger partial charge is 0.460 e. The first kappa shape index (κ1) is 40.5. The second-order valence-electron chi connectivity index (χ2n) is 10.6. The molecule has 0 unspecified atom stereocenters. The van der Waals surface area contributed by atoms with Gasteiger partial charge in [-0.1, -0.05) is 60.7 Å². The summed E-state index contributed by atoms with van der Waals surface area (Å²) in [5.41, 5.74) is 0.694. The zero-order valence-corrected chi connectivity index (χ0v) is 24.4. The van der Waals surface area contributed by atoms with Gasteiger partial charge in [-0.15, -0.1) is 0 Å². The van der Waals surface area contributed by atoms with Crippen molar-refractivity contribution in [2.24, 2.45) is 0 Å². The summed E-state index contributed by atoms with van der Waals surface area (Å²) in [5, 5.41) is 5.90. The highest BCUT2D eigenvalue weighted by Crippen LogP contribution is 2.62. The van der Waals surface area contributed by atoms with Crippen molar-refractivity contribution in [3.63, 3.8) is 0 Å². The first-order valence-corrected chi connectivity index (χ1v) is 13.4. The normalized spacial score (nSPS) is 15.8. The summed E-state index contributed by atoms with van der Waals surface area (Å²) in [6, 6.07) is 10.6. The smallest absolute Gasteiger partial charge is 0.348 e. The number of hydrogen-bond acceptors (Lipinski definition) is 3. The third kappa shape index (κ3) is 7.78. The number of benzene rings is 2. The van der Waals surface area contributed by atoms with Gasteiger partial charge in [0.1, 0.15) is 6.04 Å². The van der Waals surface area contributed by atoms with Gasteiger partial charge in [-0.25, -0.2) is 0 Å². The van der Waals surface area contributed by atoms with Gasteiger partial charge in [0.2, 0.25) is 11.8 Å². The van der Waals surface area contributed by atoms with Crippen molar-refractivity contribution in [2.75, 3.05) is 6.54 Å². The minimum absolute atomic E-state index is 0.0842. The van der Waals surface area contributed by atoms with E-state index in [1.54, 1.807) is 37.3 Å². The third-order valence-electron chi connectivity index (χ3n) is 6.97. The summed E-state index contributed by atoms with van der Waals surface area (Å²) in [4.78, 5) is 25.5. The zero-order valence-electron chi connectivity index (χ0n) is 24.4. The third-order valence-corrected chi connectivity index (χ3v) is 6.97. The lowest BCUT2D eigenvalue weighted by molar-refractivity contribution is -0.452. The topological polar surface area (TPSA) is 70.2 Å². The Morgan fingerprint density at radius 1 is 0.583 bits per heavy atom. The molecule has 20 heteroatoms. The van der Waals surface area contributed by atoms with Crippen molar-refractivity contribution in [1.82, 2.24) is 16.0 Å². The van der Waals surface area contributed by atoms with Gasteiger partial charge in [-0.2, -0.15) is 65.9 Å². The lowest BCUT2D eigenvalue weighted by atomic mass is 9.91. The zero-order chi connectivity index (χ0) is 37.1. The Balaban J connectivity index is 2.33. The van der Waals surface area contributed by atoms with Crippen molar-refractivity contribution < 1.29 is 75.4 Å². The van der Waals surface area contributed by atoms with E-state index in [2.05, 4.69) is 5.32 Å². The molecule has 270 valence electrons. The van der Waals surface area contributed by atoms with E-state index < -0.39 is 84.6 Å². The molecule has 0 heterocycles. The molecule has 2 aromatic rings. The fraction of sp³-hybridized carbons (Fsp3) is 0.500. The first-order valence-electron chi connectivity index (χ1n) is 13.4. The second kappa shape index (κ2) is 14.0. The van der Waals surface area contributed by atoms with E-state index in [1.807, 2.05) is 5.32 Å². The van der Waals surface area contributed by atoms with E-state index in [1.165, 1.54) is 35.6 Å². The molecule has 0 bridgehead atoms. The maximum atomic E-state index is 14.5. The van der Waals surface area contributed by atoms with Gasteiger partial charge in [-0.05, 0) is 31.4 Å². The number of rotatable bonds is 15. The quantitative estimate of drug-likeness (QED) is 0.175. The van der Waals surface area contributed by atoms with Crippen LogP contribution in [0.2, 0.25) is 0 Å². The van der Waals surface area contributed by atoms with Gasteiger partial charge in [0.15, 0.2) is 0 Å². The van der Waals surface area contributed by atoms with Crippen LogP contribution in [-0.4, -0.2) is 72.2 Å². The van der Waals surface area contributed by atoms with E-state index in [0.717, 1.165) is 6.92 Å². The Hall–Kier alpha value is -3.71. The van der Waals surface area contributed by atoms with Crippen LogP contribution in [0.25, 0.3) is 0 Å². The molecule has 0 aliphatic heterocycles. The summed E-state index contributed by atoms with van der Waals surface area (Å²) < 4.78 is 204. The molecule has 3 atom stereocenters. The predicted octanol–water partition coefficient (Wildman–Crippen LogP) is 6.94. The molecule has 0 aliphatic rings. The number of alkyl halides is 15. The highest BCUT2D eigenvalue weighted by molar-refractivity contribution is 5.89. The van der Waals surface area contributed by atoms with E-state index in [4.69, 9.17) is 0 Å². The van der Waals surface area contributed by atoms with Crippen LogP contribution < -0.4 is 16.0 Å². The Bertz CT molecular complexity index is 1390. The number of halogens is 15. The number of amides is 2. The van der Waals surface area contributed by atoms with Crippen molar-refractivity contribution in [3.05, 3.63) is 71.8 Å². The van der Waals surface area contributed by atoms with Gasteiger partial charge in [0, 0.05) is 0 Å². The van der Waals surface area contributed by atoms with Crippen LogP contribution in [0.3, 0.4) is 0 Å². The minimum Gasteiger partial charge on any atom is -0.348 e. The average Bonchev–Trinajstić information content (AvgIpc) is 2.98. The van der Waals surface area contributed by atoms with E-state index in [0.29, 0.717) is 5.56 Å². The number of nitrogens with one attached hydrogen (secondary N) is 3. The van der Waals surface area contributed by atoms with Crippen LogP contribution in [-0.2, 0) is 16.0 Å². The number of carbonyl (C=O) groups excluding carboxylic acids is 2. The molecule has 3 N–H and O–H groups in total. The molecule has 5 nitrogen and oxygen atoms in total. The SMILES string of the molecule is C[C@H](NC(=O)[C@H](Cc1ccccc1)NCC(F)(F)C(F)(F)C(F)(F)C(F)(F)C(F)(F)C(F)(F)C(F)(F)F)C(=O)N[C@@H](C)c1ccccc1. The Morgan fingerprint density at radius 3 is 1.50 bits per heavy atom. The summed E-state index contributed by atoms with van der Waals surface area (Å²) in [6.45, 7) is -0.278. The lowest BCUT2D eigenvalue weighted by Crippen LogP contribution is -2.73. The second-order valence-corrected chi connectivity index (χ2v) is 10.6. The highest BCUT2D eigenvalue weighted by atomic mass is 19.4. The van der Waals surface area contributed by atoms with Crippen LogP contribution in [0.1, 0.15) is 31.0 Å². The molecule has 0 aromatic heterocycles. The van der Waals surface area contributed by atoms with Crippen molar-refractivity contribution in [2.45, 2.75) is 80.1 Å². The monoisotopic (exact) mass is 721 g/mol. The highest BCUT2D eigenvalue weighted by Gasteiger charge is 2.93. The maximum absolute atomic E-state index is 14.5. The Morgan fingerprint density at radius 2 is 1.02 bits per heavy atom. The molecule has 2 rings (SSSR count). The van der Waals surface area contributed by atoms with E-state index in [-0.39, 0.29) is 5.56 Å². The summed E-state index contributed by atoms with van der Waals surface area (Å²) in [7, 11) is 0. The lowest BCUT2D eigenvalue weighted by Gasteiger charge is -2.41. The van der Waals surface area contributed by atoms with Gasteiger partial charge in [-0.3, -0.25) is 14.9 Å². The molecular weight excluding hydrogens is 695 g/mol. The van der Waals surface area contributed by atoms with Crippen molar-refractivity contribution >= 4 is 11.8 Å². The van der Waals surface area contributed by atoms with E-state index in [9.17, 15) is 75.4 Å². The molecule has 0 aliphatic carbocycles. The minimum atomic E-state index is -8.42. The van der Waals surface area contributed by atoms with Gasteiger partial charge < -0.3 is 10.6 Å². The molecular formula is C28H26F15N3O2. The maximum Gasteiger partial charge on any atom is 0.460 e. The van der Waals surface area contributed by atoms with Crippen LogP contribution >= 0.6 is 0 Å². The molecule has 48 heavy (non-hydrogen) atoms. The van der Waals surface area contributed by atoms with E-state index >= 15 is 0 Å². The molecule has 0 spiro atoms. The predicted molar refractivity (Wildman–Crippen MR) is 138 cm³/mol.